The van der Waals surface area contributed by atoms with Gasteiger partial charge in [-0.05, 0) is 202 Å². The first kappa shape index (κ1) is 171. The van der Waals surface area contributed by atoms with Gasteiger partial charge in [-0.25, -0.2) is 0 Å². The van der Waals surface area contributed by atoms with Gasteiger partial charge in [0.05, 0.1) is 148 Å². The Bertz CT molecular complexity index is 1680. The van der Waals surface area contributed by atoms with Crippen molar-refractivity contribution in [1.82, 2.24) is 0 Å². The zero-order chi connectivity index (χ0) is 103. The van der Waals surface area contributed by atoms with Crippen molar-refractivity contribution in [3.05, 3.63) is 0 Å². The molecule has 0 aliphatic heterocycles. The maximum absolute atomic E-state index is 2.44. The van der Waals surface area contributed by atoms with E-state index in [0.717, 1.165) is 0 Å². The van der Waals surface area contributed by atoms with Crippen LogP contribution in [0.1, 0.15) is 706 Å². The van der Waals surface area contributed by atoms with Crippen LogP contribution >= 0.6 is 43.6 Å². The number of rotatable bonds is 108. The molecule has 144 heavy (non-hydrogen) atoms. The Labute approximate surface area is 918 Å². The third-order valence-corrected chi connectivity index (χ3v) is 67.7. The topological polar surface area (TPSA) is 0 Å². The monoisotopic (exact) mass is 2170 g/mol. The van der Waals surface area contributed by atoms with Gasteiger partial charge in [0.25, 0.3) is 0 Å². The molecule has 0 nitrogen and oxygen atoms in total. The van der Waals surface area contributed by atoms with E-state index in [4.69, 9.17) is 0 Å². The normalized spacial score (nSPS) is 11.5. The summed E-state index contributed by atoms with van der Waals surface area (Å²) in [7, 11) is -3.14. The third-order valence-electron chi connectivity index (χ3n) is 36.0. The van der Waals surface area contributed by atoms with E-state index in [1.165, 1.54) is 650 Å². The lowest BCUT2D eigenvalue weighted by atomic mass is 10.0. The Kier molecular flexibility index (Phi) is 168. The molecular weight excluding hydrogens is 1890 g/mol. The minimum Gasteiger partial charge on any atom is -1.00 e. The molecule has 0 saturated heterocycles. The van der Waals surface area contributed by atoms with Crippen LogP contribution in [0.25, 0.3) is 0 Å². The summed E-state index contributed by atoms with van der Waals surface area (Å²) >= 11 is 0. The van der Waals surface area contributed by atoms with Gasteiger partial charge in [0.1, 0.15) is 0 Å². The van der Waals surface area contributed by atoms with Crippen molar-refractivity contribution in [2.45, 2.75) is 706 Å². The van der Waals surface area contributed by atoms with Crippen LogP contribution in [-0.4, -0.2) is 148 Å². The maximum atomic E-state index is 2.44. The highest BCUT2D eigenvalue weighted by Gasteiger charge is 2.35. The molecule has 12 heteroatoms. The largest absolute Gasteiger partial charge is 1.00 e. The highest BCUT2D eigenvalue weighted by atomic mass is 31.2. The molecule has 0 amide bonds. The Hall–Kier alpha value is 2.16. The number of hydrogen-bond donors (Lipinski definition) is 0. The molecule has 0 aliphatic rings. The van der Waals surface area contributed by atoms with E-state index >= 15 is 0 Å². The average Bonchev–Trinajstić information content (AvgIpc) is 0.928. The predicted octanol–water partition coefficient (Wildman–Crippen LogP) is 33.3. The summed E-state index contributed by atoms with van der Waals surface area (Å²) in [5.74, 6) is 0. The molecule has 0 N–H and O–H groups in total. The summed E-state index contributed by atoms with van der Waals surface area (Å²) in [5.41, 5.74) is 0. The van der Waals surface area contributed by atoms with Crippen LogP contribution in [-0.2, 0) is 0 Å². The quantitative estimate of drug-likeness (QED) is 0.0323. The molecular formula is C132H288F6P6. The van der Waals surface area contributed by atoms with Gasteiger partial charge >= 0.3 is 0 Å². The standard InChI is InChI=1S/6C22H48P.6FH/c6*1-5-9-10-11-12-13-14-15-16-17-18-19-20-21-22-23(6-2,7-3)8-4;;;;;;/h6*5-22H2,1-4H3;6*1H/q6*+1;;;;;;/p-6. The van der Waals surface area contributed by atoms with E-state index in [9.17, 15) is 0 Å². The SMILES string of the molecule is CCCCCCCCCCCCCCCC[P+](CC)(CC)CC.CCCCCCCCCCCCCCCC[P+](CC)(CC)CC.CCCCCCCCCCCCCCCC[P+](CC)(CC)CC.CCCCCCCCCCCCCCCC[P+](CC)(CC)CC.CCCCCCCCCCCCCCCC[P+](CC)(CC)CC.CCCCCCCCCCCCCCCC[P+](CC)(CC)CC.[F-].[F-].[F-].[F-].[F-].[F-]. The first-order chi connectivity index (χ1) is 67.5. The molecule has 0 unspecified atom stereocenters. The fourth-order valence-electron chi connectivity index (χ4n) is 22.7. The Morgan fingerprint density at radius 2 is 0.118 bits per heavy atom. The van der Waals surface area contributed by atoms with E-state index in [0.29, 0.717) is 0 Å². The van der Waals surface area contributed by atoms with Gasteiger partial charge in [-0.1, -0.05) is 504 Å². The first-order valence-electron chi connectivity index (χ1n) is 66.6. The molecule has 888 valence electrons. The molecule has 0 radical (unpaired) electrons. The summed E-state index contributed by atoms with van der Waals surface area (Å²) in [4.78, 5) is 0. The smallest absolute Gasteiger partial charge is 0.0594 e. The van der Waals surface area contributed by atoms with Crippen molar-refractivity contribution < 1.29 is 28.2 Å². The van der Waals surface area contributed by atoms with Crippen molar-refractivity contribution in [3.8, 4) is 0 Å². The summed E-state index contributed by atoms with van der Waals surface area (Å²) in [6.07, 6.45) is 160. The molecule has 0 rings (SSSR count). The van der Waals surface area contributed by atoms with Gasteiger partial charge in [0.15, 0.2) is 0 Å². The average molecular weight is 2180 g/mol. The zero-order valence-corrected chi connectivity index (χ0v) is 111. The van der Waals surface area contributed by atoms with Gasteiger partial charge in [-0.15, -0.1) is 0 Å². The van der Waals surface area contributed by atoms with E-state index in [1.54, 1.807) is 37.0 Å². The van der Waals surface area contributed by atoms with Gasteiger partial charge in [0.2, 0.25) is 0 Å². The second-order valence-electron chi connectivity index (χ2n) is 45.7. The molecule has 0 aromatic heterocycles. The Morgan fingerprint density at radius 3 is 0.167 bits per heavy atom. The summed E-state index contributed by atoms with van der Waals surface area (Å²) in [5, 5.41) is 0. The molecule has 0 bridgehead atoms. The second-order valence-corrected chi connectivity index (χ2v) is 75.8. The zero-order valence-electron chi connectivity index (χ0n) is 105. The van der Waals surface area contributed by atoms with Crippen LogP contribution in [0.4, 0.5) is 0 Å². The van der Waals surface area contributed by atoms with Crippen LogP contribution in [0.2, 0.25) is 0 Å². The van der Waals surface area contributed by atoms with Crippen LogP contribution in [0.15, 0.2) is 0 Å². The Morgan fingerprint density at radius 1 is 0.0694 bits per heavy atom. The number of hydrogen-bond acceptors (Lipinski definition) is 0. The fourth-order valence-corrected chi connectivity index (χ4v) is 41.8. The minimum atomic E-state index is -0.523. The van der Waals surface area contributed by atoms with Gasteiger partial charge in [-0.2, -0.15) is 0 Å². The first-order valence-corrected chi connectivity index (χ1v) is 81.7. The molecule has 0 aromatic rings. The Balaban J connectivity index is -0.000000144. The molecule has 0 aromatic carbocycles. The molecule has 0 saturated carbocycles. The van der Waals surface area contributed by atoms with E-state index in [1.807, 2.05) is 0 Å². The number of halogens is 6. The molecule has 0 atom stereocenters. The fraction of sp³-hybridized carbons (Fsp3) is 1.00. The van der Waals surface area contributed by atoms with E-state index in [2.05, 4.69) is 166 Å². The lowest BCUT2D eigenvalue weighted by Crippen LogP contribution is -3.00. The summed E-state index contributed by atoms with van der Waals surface area (Å²) in [6.45, 7) is 57.6. The van der Waals surface area contributed by atoms with E-state index in [-0.39, 0.29) is 28.2 Å². The van der Waals surface area contributed by atoms with Gasteiger partial charge in [0, 0.05) is 43.6 Å². The molecule has 0 aliphatic carbocycles. The molecule has 0 heterocycles. The van der Waals surface area contributed by atoms with Crippen LogP contribution in [0.3, 0.4) is 0 Å². The second kappa shape index (κ2) is 141. The predicted molar refractivity (Wildman–Crippen MR) is 682 cm³/mol. The van der Waals surface area contributed by atoms with Gasteiger partial charge < -0.3 is 28.2 Å². The lowest BCUT2D eigenvalue weighted by Gasteiger charge is -2.23. The molecule has 0 spiro atoms. The highest BCUT2D eigenvalue weighted by Crippen LogP contribution is 2.62. The van der Waals surface area contributed by atoms with Crippen molar-refractivity contribution >= 4 is 43.6 Å². The van der Waals surface area contributed by atoms with Crippen LogP contribution in [0.5, 0.6) is 0 Å². The lowest BCUT2D eigenvalue weighted by molar-refractivity contribution is -0.00100. The van der Waals surface area contributed by atoms with Crippen molar-refractivity contribution in [1.29, 1.82) is 0 Å². The third kappa shape index (κ3) is 118. The minimum absolute atomic E-state index is 0. The summed E-state index contributed by atoms with van der Waals surface area (Å²) in [6, 6.07) is 0. The van der Waals surface area contributed by atoms with Crippen molar-refractivity contribution in [3.63, 3.8) is 0 Å². The van der Waals surface area contributed by atoms with Crippen LogP contribution in [0, 0.1) is 0 Å². The summed E-state index contributed by atoms with van der Waals surface area (Å²) < 4.78 is 0. The molecule has 0 fully saturated rings. The van der Waals surface area contributed by atoms with Crippen molar-refractivity contribution in [2.75, 3.05) is 148 Å². The van der Waals surface area contributed by atoms with Gasteiger partial charge in [-0.3, -0.25) is 0 Å². The van der Waals surface area contributed by atoms with Crippen LogP contribution < -0.4 is 28.2 Å². The highest BCUT2D eigenvalue weighted by molar-refractivity contribution is 7.77. The number of unbranched alkanes of at least 4 members (excludes halogenated alkanes) is 78. The van der Waals surface area contributed by atoms with E-state index < -0.39 is 43.6 Å². The van der Waals surface area contributed by atoms with Crippen molar-refractivity contribution in [2.24, 2.45) is 0 Å². The maximum Gasteiger partial charge on any atom is 0.0594 e.